The highest BCUT2D eigenvalue weighted by molar-refractivity contribution is 5.96. The lowest BCUT2D eigenvalue weighted by atomic mass is 9.80. The molecular weight excluding hydrogens is 382 g/mol. The average Bonchev–Trinajstić information content (AvgIpc) is 3.20. The van der Waals surface area contributed by atoms with Gasteiger partial charge >= 0.3 is 5.97 Å². The van der Waals surface area contributed by atoms with Gasteiger partial charge in [0.2, 0.25) is 0 Å². The van der Waals surface area contributed by atoms with E-state index in [1.54, 1.807) is 14.2 Å². The van der Waals surface area contributed by atoms with Gasteiger partial charge in [0.25, 0.3) is 0 Å². The number of anilines is 1. The molecular formula is C23H23N3O4. The summed E-state index contributed by atoms with van der Waals surface area (Å²) in [6.45, 7) is 1.85. The number of allylic oxidation sites excluding steroid dienone is 1. The molecule has 0 amide bonds. The van der Waals surface area contributed by atoms with Crippen LogP contribution in [0.1, 0.15) is 24.0 Å². The molecule has 0 spiro atoms. The normalized spacial score (nSPS) is 15.3. The summed E-state index contributed by atoms with van der Waals surface area (Å²) >= 11 is 0. The van der Waals surface area contributed by atoms with Crippen molar-refractivity contribution < 1.29 is 19.0 Å². The molecule has 7 heteroatoms. The van der Waals surface area contributed by atoms with Crippen molar-refractivity contribution in [3.05, 3.63) is 70.9 Å². The van der Waals surface area contributed by atoms with E-state index in [0.717, 1.165) is 28.2 Å². The summed E-state index contributed by atoms with van der Waals surface area (Å²) in [6.07, 6.45) is 0. The van der Waals surface area contributed by atoms with Gasteiger partial charge in [-0.05, 0) is 13.0 Å². The summed E-state index contributed by atoms with van der Waals surface area (Å²) in [5, 5.41) is 10.9. The third kappa shape index (κ3) is 3.08. The van der Waals surface area contributed by atoms with Gasteiger partial charge in [0, 0.05) is 22.4 Å². The van der Waals surface area contributed by atoms with Crippen molar-refractivity contribution in [1.29, 1.82) is 0 Å². The molecule has 0 bridgehead atoms. The molecule has 0 radical (unpaired) electrons. The zero-order chi connectivity index (χ0) is 21.3. The van der Waals surface area contributed by atoms with E-state index in [1.807, 2.05) is 55.5 Å². The number of aromatic nitrogens is 2. The van der Waals surface area contributed by atoms with Gasteiger partial charge in [-0.25, -0.2) is 4.79 Å². The second-order valence-electron chi connectivity index (χ2n) is 6.90. The van der Waals surface area contributed by atoms with E-state index >= 15 is 0 Å². The number of hydrogen-bond donors (Lipinski definition) is 2. The van der Waals surface area contributed by atoms with Crippen molar-refractivity contribution in [1.82, 2.24) is 10.2 Å². The monoisotopic (exact) mass is 405 g/mol. The Kier molecular flexibility index (Phi) is 5.18. The minimum atomic E-state index is -0.465. The first-order valence-corrected chi connectivity index (χ1v) is 9.51. The quantitative estimate of drug-likeness (QED) is 0.622. The Morgan fingerprint density at radius 2 is 1.77 bits per heavy atom. The molecule has 3 aromatic rings. The maximum absolute atomic E-state index is 12.9. The molecule has 2 N–H and O–H groups in total. The lowest BCUT2D eigenvalue weighted by Crippen LogP contribution is -2.24. The predicted octanol–water partition coefficient (Wildman–Crippen LogP) is 4.10. The fourth-order valence-corrected chi connectivity index (χ4v) is 3.99. The summed E-state index contributed by atoms with van der Waals surface area (Å²) < 4.78 is 16.3. The largest absolute Gasteiger partial charge is 0.493 e. The fourth-order valence-electron chi connectivity index (χ4n) is 3.99. The lowest BCUT2D eigenvalue weighted by Gasteiger charge is -2.29. The topological polar surface area (TPSA) is 85.5 Å². The SMILES string of the molecule is COC(=O)C1=C(C)Nc2[nH]nc(-c3ccccc3)c2C1c1cccc(OC)c1OC. The number of carbonyl (C=O) groups excluding carboxylic acids is 1. The third-order valence-corrected chi connectivity index (χ3v) is 5.29. The number of ether oxygens (including phenoxy) is 3. The van der Waals surface area contributed by atoms with Crippen LogP contribution < -0.4 is 14.8 Å². The molecule has 2 heterocycles. The smallest absolute Gasteiger partial charge is 0.336 e. The first-order valence-electron chi connectivity index (χ1n) is 9.51. The summed E-state index contributed by atoms with van der Waals surface area (Å²) in [6, 6.07) is 15.5. The highest BCUT2D eigenvalue weighted by Gasteiger charge is 2.38. The van der Waals surface area contributed by atoms with Crippen molar-refractivity contribution in [2.24, 2.45) is 0 Å². The number of aromatic amines is 1. The Morgan fingerprint density at radius 3 is 2.43 bits per heavy atom. The molecule has 1 aromatic heterocycles. The molecule has 0 saturated heterocycles. The number of fused-ring (bicyclic) bond motifs is 1. The summed E-state index contributed by atoms with van der Waals surface area (Å²) in [4.78, 5) is 12.9. The van der Waals surface area contributed by atoms with Crippen molar-refractivity contribution in [2.75, 3.05) is 26.6 Å². The number of rotatable bonds is 5. The van der Waals surface area contributed by atoms with Crippen molar-refractivity contribution in [2.45, 2.75) is 12.8 Å². The maximum atomic E-state index is 12.9. The molecule has 1 atom stereocenters. The highest BCUT2D eigenvalue weighted by Crippen LogP contribution is 2.49. The van der Waals surface area contributed by atoms with E-state index in [2.05, 4.69) is 15.5 Å². The van der Waals surface area contributed by atoms with E-state index in [0.29, 0.717) is 22.8 Å². The van der Waals surface area contributed by atoms with Gasteiger partial charge in [-0.3, -0.25) is 5.10 Å². The van der Waals surface area contributed by atoms with Gasteiger partial charge in [-0.2, -0.15) is 5.10 Å². The zero-order valence-electron chi connectivity index (χ0n) is 17.3. The number of H-pyrrole nitrogens is 1. The maximum Gasteiger partial charge on any atom is 0.336 e. The number of para-hydroxylation sites is 1. The second-order valence-corrected chi connectivity index (χ2v) is 6.90. The van der Waals surface area contributed by atoms with E-state index in [9.17, 15) is 4.79 Å². The molecule has 4 rings (SSSR count). The Balaban J connectivity index is 2.02. The minimum Gasteiger partial charge on any atom is -0.493 e. The van der Waals surface area contributed by atoms with Crippen LogP contribution in [0.15, 0.2) is 59.8 Å². The Hall–Kier alpha value is -3.74. The van der Waals surface area contributed by atoms with E-state index in [-0.39, 0.29) is 0 Å². The van der Waals surface area contributed by atoms with Crippen LogP contribution in [-0.4, -0.2) is 37.5 Å². The van der Waals surface area contributed by atoms with Gasteiger partial charge in [-0.15, -0.1) is 0 Å². The van der Waals surface area contributed by atoms with E-state index in [4.69, 9.17) is 14.2 Å². The molecule has 0 fully saturated rings. The fraction of sp³-hybridized carbons (Fsp3) is 0.217. The number of benzene rings is 2. The number of carbonyl (C=O) groups is 1. The van der Waals surface area contributed by atoms with Crippen LogP contribution in [0.2, 0.25) is 0 Å². The van der Waals surface area contributed by atoms with Crippen molar-refractivity contribution in [3.63, 3.8) is 0 Å². The van der Waals surface area contributed by atoms with E-state index in [1.165, 1.54) is 7.11 Å². The Labute approximate surface area is 174 Å². The molecule has 1 aliphatic heterocycles. The Morgan fingerprint density at radius 1 is 1.00 bits per heavy atom. The Bertz CT molecular complexity index is 1120. The highest BCUT2D eigenvalue weighted by atomic mass is 16.5. The summed E-state index contributed by atoms with van der Waals surface area (Å²) in [5.74, 6) is 0.997. The summed E-state index contributed by atoms with van der Waals surface area (Å²) in [7, 11) is 4.56. The number of esters is 1. The number of nitrogens with zero attached hydrogens (tertiary/aromatic N) is 1. The van der Waals surface area contributed by atoms with Gasteiger partial charge < -0.3 is 19.5 Å². The molecule has 0 aliphatic carbocycles. The molecule has 1 unspecified atom stereocenters. The zero-order valence-corrected chi connectivity index (χ0v) is 17.3. The van der Waals surface area contributed by atoms with Gasteiger partial charge in [-0.1, -0.05) is 42.5 Å². The van der Waals surface area contributed by atoms with E-state index < -0.39 is 11.9 Å². The van der Waals surface area contributed by atoms with Crippen LogP contribution in [0, 0.1) is 0 Å². The molecule has 154 valence electrons. The molecule has 1 aliphatic rings. The molecule has 2 aromatic carbocycles. The van der Waals surface area contributed by atoms with Gasteiger partial charge in [0.05, 0.1) is 38.5 Å². The van der Waals surface area contributed by atoms with Crippen LogP contribution in [-0.2, 0) is 9.53 Å². The van der Waals surface area contributed by atoms with Crippen molar-refractivity contribution >= 4 is 11.8 Å². The minimum absolute atomic E-state index is 0.416. The molecule has 7 nitrogen and oxygen atoms in total. The predicted molar refractivity (Wildman–Crippen MR) is 114 cm³/mol. The summed E-state index contributed by atoms with van der Waals surface area (Å²) in [5.41, 5.74) is 4.51. The van der Waals surface area contributed by atoms with Crippen LogP contribution in [0.4, 0.5) is 5.82 Å². The van der Waals surface area contributed by atoms with Gasteiger partial charge in [0.1, 0.15) is 5.82 Å². The van der Waals surface area contributed by atoms with Crippen LogP contribution in [0.3, 0.4) is 0 Å². The van der Waals surface area contributed by atoms with Crippen molar-refractivity contribution in [3.8, 4) is 22.8 Å². The van der Waals surface area contributed by atoms with Crippen LogP contribution >= 0.6 is 0 Å². The third-order valence-electron chi connectivity index (χ3n) is 5.29. The molecule has 0 saturated carbocycles. The lowest BCUT2D eigenvalue weighted by molar-refractivity contribution is -0.136. The molecule has 30 heavy (non-hydrogen) atoms. The number of nitrogens with one attached hydrogen (secondary N) is 2. The van der Waals surface area contributed by atoms with Crippen LogP contribution in [0.5, 0.6) is 11.5 Å². The second kappa shape index (κ2) is 7.94. The van der Waals surface area contributed by atoms with Crippen LogP contribution in [0.25, 0.3) is 11.3 Å². The number of methoxy groups -OCH3 is 3. The van der Waals surface area contributed by atoms with Gasteiger partial charge in [0.15, 0.2) is 11.5 Å². The first kappa shape index (κ1) is 19.6. The standard InChI is InChI=1S/C23H23N3O4/c1-13-17(23(27)30-4)18(15-11-8-12-16(28-2)21(15)29-3)19-20(25-26-22(19)24-13)14-9-6-5-7-10-14/h5-12,18H,1-4H3,(H2,24,25,26). The first-order chi connectivity index (χ1) is 14.6. The number of hydrogen-bond acceptors (Lipinski definition) is 6. The average molecular weight is 405 g/mol.